The minimum absolute atomic E-state index is 0.279. The van der Waals surface area contributed by atoms with Gasteiger partial charge in [-0.3, -0.25) is 0 Å². The first-order chi connectivity index (χ1) is 7.16. The third kappa shape index (κ3) is 2.29. The van der Waals surface area contributed by atoms with Gasteiger partial charge in [0.05, 0.1) is 0 Å². The Morgan fingerprint density at radius 2 is 2.27 bits per heavy atom. The fraction of sp³-hybridized carbons (Fsp3) is 0.583. The molecule has 1 aromatic rings. The lowest BCUT2D eigenvalue weighted by Gasteiger charge is -2.35. The van der Waals surface area contributed by atoms with Gasteiger partial charge in [-0.1, -0.05) is 13.0 Å². The minimum atomic E-state index is 0.279. The number of piperidine rings is 1. The van der Waals surface area contributed by atoms with Crippen LogP contribution in [0.1, 0.15) is 19.0 Å². The quantitative estimate of drug-likeness (QED) is 0.756. The van der Waals surface area contributed by atoms with Crippen LogP contribution < -0.4 is 10.6 Å². The predicted molar refractivity (Wildman–Crippen MR) is 62.9 cm³/mol. The van der Waals surface area contributed by atoms with E-state index in [1.807, 2.05) is 13.0 Å². The van der Waals surface area contributed by atoms with Gasteiger partial charge in [0, 0.05) is 24.8 Å². The molecule has 0 bridgehead atoms. The number of pyridine rings is 1. The zero-order chi connectivity index (χ0) is 10.8. The van der Waals surface area contributed by atoms with Gasteiger partial charge in [0.1, 0.15) is 5.82 Å². The third-order valence-corrected chi connectivity index (χ3v) is 3.21. The molecule has 3 heteroatoms. The molecule has 2 rings (SSSR count). The van der Waals surface area contributed by atoms with E-state index >= 15 is 0 Å². The van der Waals surface area contributed by atoms with Crippen molar-refractivity contribution in [3.8, 4) is 0 Å². The Bertz CT molecular complexity index is 337. The van der Waals surface area contributed by atoms with Crippen molar-refractivity contribution < 1.29 is 0 Å². The number of aryl methyl sites for hydroxylation is 1. The summed E-state index contributed by atoms with van der Waals surface area (Å²) in [6.45, 7) is 6.25. The van der Waals surface area contributed by atoms with E-state index in [0.717, 1.165) is 31.0 Å². The highest BCUT2D eigenvalue weighted by Crippen LogP contribution is 2.20. The topological polar surface area (TPSA) is 42.1 Å². The van der Waals surface area contributed by atoms with Crippen molar-refractivity contribution in [3.05, 3.63) is 23.9 Å². The number of hydrogen-bond acceptors (Lipinski definition) is 3. The average molecular weight is 205 g/mol. The molecule has 0 spiro atoms. The molecule has 0 aliphatic carbocycles. The van der Waals surface area contributed by atoms with Crippen molar-refractivity contribution in [1.29, 1.82) is 0 Å². The van der Waals surface area contributed by atoms with Crippen LogP contribution in [0, 0.1) is 12.8 Å². The third-order valence-electron chi connectivity index (χ3n) is 3.21. The molecule has 0 saturated carbocycles. The second kappa shape index (κ2) is 4.19. The number of anilines is 1. The lowest BCUT2D eigenvalue weighted by atomic mass is 9.94. The summed E-state index contributed by atoms with van der Waals surface area (Å²) in [7, 11) is 0. The van der Waals surface area contributed by atoms with Gasteiger partial charge in [-0.15, -0.1) is 0 Å². The molecule has 1 aliphatic rings. The zero-order valence-corrected chi connectivity index (χ0v) is 9.48. The first kappa shape index (κ1) is 10.4. The molecular weight excluding hydrogens is 186 g/mol. The van der Waals surface area contributed by atoms with Crippen molar-refractivity contribution in [1.82, 2.24) is 4.98 Å². The van der Waals surface area contributed by atoms with E-state index in [0.29, 0.717) is 5.92 Å². The van der Waals surface area contributed by atoms with Gasteiger partial charge in [0.2, 0.25) is 0 Å². The molecule has 1 aliphatic heterocycles. The van der Waals surface area contributed by atoms with Gasteiger partial charge in [-0.25, -0.2) is 4.98 Å². The largest absolute Gasteiger partial charge is 0.355 e. The molecule has 3 nitrogen and oxygen atoms in total. The Kier molecular flexibility index (Phi) is 2.91. The summed E-state index contributed by atoms with van der Waals surface area (Å²) in [6, 6.07) is 6.42. The predicted octanol–water partition coefficient (Wildman–Crippen LogP) is 1.56. The van der Waals surface area contributed by atoms with E-state index in [2.05, 4.69) is 28.9 Å². The molecule has 1 saturated heterocycles. The summed E-state index contributed by atoms with van der Waals surface area (Å²) < 4.78 is 0. The number of nitrogens with zero attached hydrogens (tertiary/aromatic N) is 2. The molecule has 0 radical (unpaired) electrons. The molecule has 2 unspecified atom stereocenters. The fourth-order valence-corrected chi connectivity index (χ4v) is 2.01. The minimum Gasteiger partial charge on any atom is -0.355 e. The van der Waals surface area contributed by atoms with E-state index in [4.69, 9.17) is 5.73 Å². The first-order valence-electron chi connectivity index (χ1n) is 5.61. The van der Waals surface area contributed by atoms with Crippen LogP contribution in [0.3, 0.4) is 0 Å². The van der Waals surface area contributed by atoms with Crippen LogP contribution in [0.15, 0.2) is 18.2 Å². The molecule has 0 aromatic carbocycles. The standard InChI is InChI=1S/C12H19N3/c1-9-6-7-15(8-11(9)13)12-5-3-4-10(2)14-12/h3-5,9,11H,6-8,13H2,1-2H3. The maximum atomic E-state index is 6.07. The number of rotatable bonds is 1. The average Bonchev–Trinajstić information content (AvgIpc) is 2.22. The summed E-state index contributed by atoms with van der Waals surface area (Å²) in [5, 5.41) is 0. The second-order valence-corrected chi connectivity index (χ2v) is 4.51. The molecule has 2 atom stereocenters. The van der Waals surface area contributed by atoms with Gasteiger partial charge in [-0.2, -0.15) is 0 Å². The molecule has 82 valence electrons. The van der Waals surface area contributed by atoms with Crippen LogP contribution in [-0.4, -0.2) is 24.1 Å². The van der Waals surface area contributed by atoms with Crippen LogP contribution >= 0.6 is 0 Å². The highest BCUT2D eigenvalue weighted by atomic mass is 15.2. The SMILES string of the molecule is Cc1cccc(N2CCC(C)C(N)C2)n1. The molecule has 2 N–H and O–H groups in total. The molecular formula is C12H19N3. The van der Waals surface area contributed by atoms with Crippen molar-refractivity contribution >= 4 is 5.82 Å². The van der Waals surface area contributed by atoms with Crippen LogP contribution in [0.25, 0.3) is 0 Å². The van der Waals surface area contributed by atoms with Crippen molar-refractivity contribution in [3.63, 3.8) is 0 Å². The summed E-state index contributed by atoms with van der Waals surface area (Å²) in [5.74, 6) is 1.70. The Morgan fingerprint density at radius 1 is 1.47 bits per heavy atom. The van der Waals surface area contributed by atoms with Gasteiger partial charge in [-0.05, 0) is 31.4 Å². The summed E-state index contributed by atoms with van der Waals surface area (Å²) in [6.07, 6.45) is 1.16. The Morgan fingerprint density at radius 3 is 2.93 bits per heavy atom. The van der Waals surface area contributed by atoms with Crippen LogP contribution in [-0.2, 0) is 0 Å². The van der Waals surface area contributed by atoms with Crippen LogP contribution in [0.2, 0.25) is 0 Å². The van der Waals surface area contributed by atoms with Gasteiger partial charge in [0.25, 0.3) is 0 Å². The van der Waals surface area contributed by atoms with Gasteiger partial charge < -0.3 is 10.6 Å². The Labute approximate surface area is 91.3 Å². The number of hydrogen-bond donors (Lipinski definition) is 1. The molecule has 1 fully saturated rings. The van der Waals surface area contributed by atoms with Crippen LogP contribution in [0.5, 0.6) is 0 Å². The Balaban J connectivity index is 2.12. The maximum absolute atomic E-state index is 6.07. The van der Waals surface area contributed by atoms with E-state index in [9.17, 15) is 0 Å². The van der Waals surface area contributed by atoms with Gasteiger partial charge >= 0.3 is 0 Å². The summed E-state index contributed by atoms with van der Waals surface area (Å²) in [5.41, 5.74) is 7.14. The molecule has 1 aromatic heterocycles. The smallest absolute Gasteiger partial charge is 0.128 e. The molecule has 15 heavy (non-hydrogen) atoms. The Hall–Kier alpha value is -1.09. The first-order valence-corrected chi connectivity index (χ1v) is 5.61. The number of nitrogens with two attached hydrogens (primary N) is 1. The highest BCUT2D eigenvalue weighted by Gasteiger charge is 2.23. The van der Waals surface area contributed by atoms with E-state index in [1.165, 1.54) is 0 Å². The van der Waals surface area contributed by atoms with Gasteiger partial charge in [0.15, 0.2) is 0 Å². The highest BCUT2D eigenvalue weighted by molar-refractivity contribution is 5.40. The molecule has 0 amide bonds. The van der Waals surface area contributed by atoms with Crippen molar-refractivity contribution in [2.75, 3.05) is 18.0 Å². The van der Waals surface area contributed by atoms with Crippen molar-refractivity contribution in [2.45, 2.75) is 26.3 Å². The van der Waals surface area contributed by atoms with Crippen molar-refractivity contribution in [2.24, 2.45) is 11.7 Å². The summed E-state index contributed by atoms with van der Waals surface area (Å²) >= 11 is 0. The zero-order valence-electron chi connectivity index (χ0n) is 9.48. The summed E-state index contributed by atoms with van der Waals surface area (Å²) in [4.78, 5) is 6.82. The lowest BCUT2D eigenvalue weighted by molar-refractivity contribution is 0.378. The van der Waals surface area contributed by atoms with E-state index < -0.39 is 0 Å². The van der Waals surface area contributed by atoms with Crippen LogP contribution in [0.4, 0.5) is 5.82 Å². The molecule has 2 heterocycles. The fourth-order valence-electron chi connectivity index (χ4n) is 2.01. The second-order valence-electron chi connectivity index (χ2n) is 4.51. The maximum Gasteiger partial charge on any atom is 0.128 e. The monoisotopic (exact) mass is 205 g/mol. The lowest BCUT2D eigenvalue weighted by Crippen LogP contribution is -2.47. The normalized spacial score (nSPS) is 26.7. The van der Waals surface area contributed by atoms with E-state index in [-0.39, 0.29) is 6.04 Å². The number of aromatic nitrogens is 1. The van der Waals surface area contributed by atoms with E-state index in [1.54, 1.807) is 0 Å².